The lowest BCUT2D eigenvalue weighted by atomic mass is 10.1. The molecule has 0 aliphatic heterocycles. The molecule has 0 spiro atoms. The fourth-order valence-corrected chi connectivity index (χ4v) is 3.10. The van der Waals surface area contributed by atoms with Crippen molar-refractivity contribution in [1.82, 2.24) is 10.3 Å². The summed E-state index contributed by atoms with van der Waals surface area (Å²) < 4.78 is 6.02. The molecule has 3 aromatic rings. The molecule has 2 aromatic carbocycles. The van der Waals surface area contributed by atoms with Crippen molar-refractivity contribution in [3.8, 4) is 17.2 Å². The Hall–Kier alpha value is -2.83. The maximum absolute atomic E-state index is 10.6. The highest BCUT2D eigenvalue weighted by Crippen LogP contribution is 2.36. The summed E-state index contributed by atoms with van der Waals surface area (Å²) in [6.07, 6.45) is 0. The van der Waals surface area contributed by atoms with Crippen LogP contribution in [0.5, 0.6) is 17.2 Å². The van der Waals surface area contributed by atoms with Gasteiger partial charge in [0.2, 0.25) is 0 Å². The average molecular weight is 387 g/mol. The lowest BCUT2D eigenvalue weighted by molar-refractivity contribution is -0.136. The molecule has 0 saturated heterocycles. The third-order valence-electron chi connectivity index (χ3n) is 4.17. The van der Waals surface area contributed by atoms with Gasteiger partial charge in [0, 0.05) is 17.3 Å². The van der Waals surface area contributed by atoms with Gasteiger partial charge in [0.1, 0.15) is 22.4 Å². The van der Waals surface area contributed by atoms with Crippen LogP contribution in [0.4, 0.5) is 0 Å². The molecule has 0 saturated carbocycles. The van der Waals surface area contributed by atoms with Crippen LogP contribution in [-0.2, 0) is 11.3 Å². The summed E-state index contributed by atoms with van der Waals surface area (Å²) in [6, 6.07) is 11.1. The Morgan fingerprint density at radius 3 is 2.56 bits per heavy atom. The van der Waals surface area contributed by atoms with E-state index in [0.717, 1.165) is 16.9 Å². The Morgan fingerprint density at radius 1 is 1.19 bits per heavy atom. The Morgan fingerprint density at radius 2 is 1.89 bits per heavy atom. The molecule has 0 radical (unpaired) electrons. The molecular weight excluding hydrogens is 368 g/mol. The Balaban J connectivity index is 1.94. The maximum atomic E-state index is 10.6. The van der Waals surface area contributed by atoms with Gasteiger partial charge in [-0.2, -0.15) is 0 Å². The summed E-state index contributed by atoms with van der Waals surface area (Å²) in [7, 11) is 0. The molecule has 7 heteroatoms. The zero-order valence-electron chi connectivity index (χ0n) is 14.9. The summed E-state index contributed by atoms with van der Waals surface area (Å²) in [5, 5.41) is 23.1. The summed E-state index contributed by atoms with van der Waals surface area (Å²) in [5.74, 6) is 0.333. The first kappa shape index (κ1) is 18.9. The summed E-state index contributed by atoms with van der Waals surface area (Å²) in [5.41, 5.74) is 2.32. The first-order valence-electron chi connectivity index (χ1n) is 8.34. The van der Waals surface area contributed by atoms with E-state index in [0.29, 0.717) is 16.5 Å². The Kier molecular flexibility index (Phi) is 5.48. The second kappa shape index (κ2) is 7.82. The van der Waals surface area contributed by atoms with Gasteiger partial charge < -0.3 is 20.3 Å². The van der Waals surface area contributed by atoms with Crippen LogP contribution in [0.3, 0.4) is 0 Å². The maximum Gasteiger partial charge on any atom is 0.317 e. The third-order valence-corrected chi connectivity index (χ3v) is 4.46. The van der Waals surface area contributed by atoms with Gasteiger partial charge in [-0.25, -0.2) is 4.98 Å². The number of fused-ring (bicyclic) bond motifs is 1. The number of halogens is 1. The molecule has 1 heterocycles. The van der Waals surface area contributed by atoms with Crippen LogP contribution >= 0.6 is 11.6 Å². The van der Waals surface area contributed by atoms with Crippen molar-refractivity contribution in [2.24, 2.45) is 0 Å². The van der Waals surface area contributed by atoms with E-state index in [9.17, 15) is 9.90 Å². The lowest BCUT2D eigenvalue weighted by Gasteiger charge is -2.14. The van der Waals surface area contributed by atoms with Crippen LogP contribution in [0.1, 0.15) is 16.8 Å². The lowest BCUT2D eigenvalue weighted by Crippen LogP contribution is -2.22. The van der Waals surface area contributed by atoms with Crippen molar-refractivity contribution < 1.29 is 19.7 Å². The van der Waals surface area contributed by atoms with Gasteiger partial charge in [0.05, 0.1) is 12.2 Å². The van der Waals surface area contributed by atoms with Gasteiger partial charge in [-0.15, -0.1) is 0 Å². The quantitative estimate of drug-likeness (QED) is 0.550. The number of aromatic hydroxyl groups is 1. The van der Waals surface area contributed by atoms with E-state index in [-0.39, 0.29) is 29.7 Å². The number of benzene rings is 2. The molecular formula is C20H19ClN2O4. The van der Waals surface area contributed by atoms with Crippen molar-refractivity contribution in [1.29, 1.82) is 0 Å². The molecule has 27 heavy (non-hydrogen) atoms. The van der Waals surface area contributed by atoms with E-state index in [2.05, 4.69) is 10.3 Å². The second-order valence-electron chi connectivity index (χ2n) is 6.23. The smallest absolute Gasteiger partial charge is 0.317 e. The number of hydrogen-bond acceptors (Lipinski definition) is 5. The largest absolute Gasteiger partial charge is 0.505 e. The van der Waals surface area contributed by atoms with Crippen LogP contribution in [0, 0.1) is 13.8 Å². The first-order valence-corrected chi connectivity index (χ1v) is 8.72. The number of rotatable bonds is 6. The minimum atomic E-state index is -0.991. The number of hydrogen-bond donors (Lipinski definition) is 3. The number of nitrogens with one attached hydrogen (secondary N) is 1. The first-order chi connectivity index (χ1) is 12.9. The van der Waals surface area contributed by atoms with Crippen molar-refractivity contribution in [3.63, 3.8) is 0 Å². The van der Waals surface area contributed by atoms with Gasteiger partial charge in [-0.1, -0.05) is 29.8 Å². The van der Waals surface area contributed by atoms with Crippen molar-refractivity contribution in [2.45, 2.75) is 20.4 Å². The average Bonchev–Trinajstić information content (AvgIpc) is 2.62. The number of nitrogens with zero attached hydrogens (tertiary/aromatic N) is 1. The Bertz CT molecular complexity index is 1000. The van der Waals surface area contributed by atoms with E-state index < -0.39 is 5.97 Å². The topological polar surface area (TPSA) is 91.7 Å². The highest BCUT2D eigenvalue weighted by atomic mass is 35.5. The normalized spacial score (nSPS) is 10.9. The standard InChI is InChI=1S/C20H19ClN2O4/c1-11-4-3-5-12(2)19(11)27-13-6-7-14-15(8-13)20(21)23-16(18(14)26)9-22-10-17(24)25/h3-8,22,26H,9-10H2,1-2H3,(H,24,25). The van der Waals surface area contributed by atoms with E-state index in [4.69, 9.17) is 21.4 Å². The van der Waals surface area contributed by atoms with Crippen LogP contribution in [0.25, 0.3) is 10.8 Å². The number of para-hydroxylation sites is 1. The van der Waals surface area contributed by atoms with Crippen molar-refractivity contribution in [2.75, 3.05) is 6.54 Å². The molecule has 0 aliphatic rings. The van der Waals surface area contributed by atoms with Crippen LogP contribution < -0.4 is 10.1 Å². The van der Waals surface area contributed by atoms with Gasteiger partial charge in [0.15, 0.2) is 0 Å². The molecule has 0 aliphatic carbocycles. The molecule has 3 rings (SSSR count). The number of aryl methyl sites for hydroxylation is 2. The summed E-state index contributed by atoms with van der Waals surface area (Å²) in [6.45, 7) is 3.80. The number of aliphatic carboxylic acids is 1. The fourth-order valence-electron chi connectivity index (χ4n) is 2.84. The zero-order chi connectivity index (χ0) is 19.6. The second-order valence-corrected chi connectivity index (χ2v) is 6.58. The predicted molar refractivity (Wildman–Crippen MR) is 104 cm³/mol. The zero-order valence-corrected chi connectivity index (χ0v) is 15.7. The van der Waals surface area contributed by atoms with Gasteiger partial charge >= 0.3 is 5.97 Å². The SMILES string of the molecule is Cc1cccc(C)c1Oc1ccc2c(O)c(CNCC(=O)O)nc(Cl)c2c1. The Labute approximate surface area is 161 Å². The highest BCUT2D eigenvalue weighted by molar-refractivity contribution is 6.34. The minimum Gasteiger partial charge on any atom is -0.505 e. The number of carbonyl (C=O) groups is 1. The molecule has 0 atom stereocenters. The van der Waals surface area contributed by atoms with Crippen LogP contribution in [0.2, 0.25) is 5.15 Å². The molecule has 0 fully saturated rings. The van der Waals surface area contributed by atoms with Gasteiger partial charge in [0.25, 0.3) is 0 Å². The molecule has 0 amide bonds. The van der Waals surface area contributed by atoms with E-state index in [1.165, 1.54) is 0 Å². The summed E-state index contributed by atoms with van der Waals surface area (Å²) >= 11 is 6.29. The molecule has 1 aromatic heterocycles. The third kappa shape index (κ3) is 4.13. The molecule has 0 bridgehead atoms. The monoisotopic (exact) mass is 386 g/mol. The fraction of sp³-hybridized carbons (Fsp3) is 0.200. The van der Waals surface area contributed by atoms with Crippen molar-refractivity contribution >= 4 is 28.3 Å². The van der Waals surface area contributed by atoms with E-state index in [1.54, 1.807) is 18.2 Å². The molecule has 0 unspecified atom stereocenters. The van der Waals surface area contributed by atoms with Gasteiger partial charge in [-0.3, -0.25) is 4.79 Å². The highest BCUT2D eigenvalue weighted by Gasteiger charge is 2.14. The predicted octanol–water partition coefficient (Wildman–Crippen LogP) is 4.18. The number of pyridine rings is 1. The number of carboxylic acids is 1. The van der Waals surface area contributed by atoms with Crippen LogP contribution in [0.15, 0.2) is 36.4 Å². The van der Waals surface area contributed by atoms with Crippen molar-refractivity contribution in [3.05, 3.63) is 58.4 Å². The minimum absolute atomic E-state index is 0.0362. The molecule has 6 nitrogen and oxygen atoms in total. The molecule has 140 valence electrons. The van der Waals surface area contributed by atoms with Gasteiger partial charge in [-0.05, 0) is 43.2 Å². The van der Waals surface area contributed by atoms with E-state index >= 15 is 0 Å². The number of ether oxygens (including phenoxy) is 1. The van der Waals surface area contributed by atoms with E-state index in [1.807, 2.05) is 32.0 Å². The number of aromatic nitrogens is 1. The summed E-state index contributed by atoms with van der Waals surface area (Å²) in [4.78, 5) is 14.8. The molecule has 3 N–H and O–H groups in total. The van der Waals surface area contributed by atoms with Crippen LogP contribution in [-0.4, -0.2) is 27.7 Å². The number of carboxylic acid groups (broad SMARTS) is 1.